The highest BCUT2D eigenvalue weighted by Crippen LogP contribution is 2.43. The Morgan fingerprint density at radius 1 is 0.882 bits per heavy atom. The molecule has 14 nitrogen and oxygen atoms in total. The average molecular weight is 1010 g/mol. The number of aromatic nitrogens is 4. The Morgan fingerprint density at radius 2 is 1.62 bits per heavy atom. The van der Waals surface area contributed by atoms with Crippen molar-refractivity contribution < 1.29 is 27.7 Å². The number of hydrogen-bond acceptors (Lipinski definition) is 13. The molecule has 3 N–H and O–H groups in total. The predicted octanol–water partition coefficient (Wildman–Crippen LogP) is 8.63. The van der Waals surface area contributed by atoms with Crippen molar-refractivity contribution in [1.29, 1.82) is 0 Å². The molecule has 4 aliphatic rings. The van der Waals surface area contributed by atoms with Crippen LogP contribution < -0.4 is 30.9 Å². The van der Waals surface area contributed by atoms with Crippen molar-refractivity contribution in [3.05, 3.63) is 87.4 Å². The van der Waals surface area contributed by atoms with Crippen LogP contribution in [0.15, 0.2) is 53.3 Å². The zero-order chi connectivity index (χ0) is 47.9. The Morgan fingerprint density at radius 3 is 2.28 bits per heavy atom. The highest BCUT2D eigenvalue weighted by Gasteiger charge is 2.37. The molecule has 6 heterocycles. The fourth-order valence-corrected chi connectivity index (χ4v) is 12.4. The first-order valence-electron chi connectivity index (χ1n) is 23.8. The molecule has 360 valence electrons. The van der Waals surface area contributed by atoms with E-state index in [4.69, 9.17) is 9.72 Å². The average Bonchev–Trinajstić information content (AvgIpc) is 3.31. The second-order valence-electron chi connectivity index (χ2n) is 19.1. The summed E-state index contributed by atoms with van der Waals surface area (Å²) < 4.78 is 50.8. The number of benzene rings is 3. The summed E-state index contributed by atoms with van der Waals surface area (Å²) in [5, 5.41) is 10.4. The van der Waals surface area contributed by atoms with E-state index in [0.29, 0.717) is 56.9 Å². The van der Waals surface area contributed by atoms with E-state index < -0.39 is 36.5 Å². The second kappa shape index (κ2) is 20.1. The van der Waals surface area contributed by atoms with Gasteiger partial charge in [0.2, 0.25) is 17.8 Å². The van der Waals surface area contributed by atoms with Gasteiger partial charge in [-0.05, 0) is 134 Å². The van der Waals surface area contributed by atoms with Crippen molar-refractivity contribution in [1.82, 2.24) is 35.1 Å². The predicted molar refractivity (Wildman–Crippen MR) is 267 cm³/mol. The number of methoxy groups -OCH3 is 1. The Bertz CT molecular complexity index is 2750. The van der Waals surface area contributed by atoms with Crippen molar-refractivity contribution in [2.45, 2.75) is 83.1 Å². The van der Waals surface area contributed by atoms with Gasteiger partial charge in [0.05, 0.1) is 34.4 Å². The first-order valence-corrected chi connectivity index (χ1v) is 27.2. The molecule has 4 fully saturated rings. The summed E-state index contributed by atoms with van der Waals surface area (Å²) in [4.78, 5) is 50.1. The van der Waals surface area contributed by atoms with E-state index in [1.807, 2.05) is 19.1 Å². The number of imide groups is 1. The highest BCUT2D eigenvalue weighted by atomic mass is 79.9. The quantitative estimate of drug-likeness (QED) is 0.0718. The summed E-state index contributed by atoms with van der Waals surface area (Å²) in [6.45, 7) is 14.6. The van der Waals surface area contributed by atoms with E-state index in [0.717, 1.165) is 100 Å². The summed E-state index contributed by atoms with van der Waals surface area (Å²) in [5.74, 6) is -0.440. The molecule has 68 heavy (non-hydrogen) atoms. The number of carbonyl (C=O) groups excluding carboxylic acids is 2. The molecule has 1 atom stereocenters. The van der Waals surface area contributed by atoms with E-state index >= 15 is 8.78 Å². The molecule has 0 saturated carbocycles. The van der Waals surface area contributed by atoms with Gasteiger partial charge in [-0.3, -0.25) is 19.8 Å². The first-order chi connectivity index (χ1) is 32.7. The van der Waals surface area contributed by atoms with Crippen LogP contribution in [-0.2, 0) is 27.0 Å². The Balaban J connectivity index is 0.778. The molecule has 2 amide bonds. The van der Waals surface area contributed by atoms with Gasteiger partial charge < -0.3 is 29.7 Å². The first kappa shape index (κ1) is 48.0. The Kier molecular flexibility index (Phi) is 14.2. The van der Waals surface area contributed by atoms with Crippen molar-refractivity contribution in [3.8, 4) is 5.75 Å². The molecule has 4 saturated heterocycles. The van der Waals surface area contributed by atoms with Crippen molar-refractivity contribution in [2.24, 2.45) is 5.92 Å². The van der Waals surface area contributed by atoms with Gasteiger partial charge in [-0.25, -0.2) is 23.7 Å². The monoisotopic (exact) mass is 1010 g/mol. The van der Waals surface area contributed by atoms with Gasteiger partial charge in [-0.15, -0.1) is 0 Å². The van der Waals surface area contributed by atoms with Gasteiger partial charge in [-0.1, -0.05) is 13.8 Å². The molecular weight excluding hydrogens is 953 g/mol. The lowest BCUT2D eigenvalue weighted by atomic mass is 9.84. The van der Waals surface area contributed by atoms with Crippen LogP contribution in [-0.4, -0.2) is 114 Å². The number of rotatable bonds is 14. The molecule has 5 aromatic rings. The number of nitrogens with zero attached hydrogens (tertiary/aromatic N) is 7. The van der Waals surface area contributed by atoms with Gasteiger partial charge >= 0.3 is 0 Å². The minimum absolute atomic E-state index is 0.0639. The van der Waals surface area contributed by atoms with E-state index in [1.54, 1.807) is 32.8 Å². The zero-order valence-corrected chi connectivity index (χ0v) is 41.9. The minimum atomic E-state index is -2.78. The Labute approximate surface area is 404 Å². The van der Waals surface area contributed by atoms with Gasteiger partial charge in [0.1, 0.15) is 36.2 Å². The highest BCUT2D eigenvalue weighted by molar-refractivity contribution is 9.10. The standard InChI is InChI=1S/C50H60BrF2N10O4P/c1-6-30-22-41(58-50-55-25-36(51)48(60-50)57-40-10-9-39-35(47(40)68(4,5)66)24-54-44(7-2)56-39)43(67-3)23-42(30)62-18-14-33(15-19-62)63-27-29(28-63)26-61-16-12-31(13-17-61)32-20-37(52)46(38(53)21-32)34-8-11-45(64)59-49(34)65/h9-10,20-25,29,31,33-34H,6-8,11-19,26-28H2,1-5H3,(H,59,64,65)(H2,55,57,58,60)/t34-/m1/s1. The third-order valence-corrected chi connectivity index (χ3v) is 16.4. The smallest absolute Gasteiger partial charge is 0.234 e. The summed E-state index contributed by atoms with van der Waals surface area (Å²) in [5.41, 5.74) is 4.97. The molecule has 18 heteroatoms. The fraction of sp³-hybridized carbons (Fsp3) is 0.480. The SMILES string of the molecule is CCc1ncc2c(P(C)(C)=O)c(Nc3nc(Nc4cc(CC)c(N5CCC(N6CC(CN7CCC(c8cc(F)c([C@H]9CCC(=O)NC9=O)c(F)c8)CC7)C6)CC5)cc4OC)ncc3Br)ccc2n1. The van der Waals surface area contributed by atoms with E-state index in [-0.39, 0.29) is 24.3 Å². The molecular formula is C50H60BrF2N10O4P. The summed E-state index contributed by atoms with van der Waals surface area (Å²) in [6.07, 6.45) is 9.00. The van der Waals surface area contributed by atoms with Crippen LogP contribution in [0.4, 0.5) is 37.6 Å². The van der Waals surface area contributed by atoms with Crippen molar-refractivity contribution >= 4 is 79.9 Å². The summed E-state index contributed by atoms with van der Waals surface area (Å²) in [6, 6.07) is 11.4. The zero-order valence-electron chi connectivity index (χ0n) is 39.4. The molecule has 0 unspecified atom stereocenters. The number of nitrogens with one attached hydrogen (secondary N) is 3. The van der Waals surface area contributed by atoms with Gasteiger partial charge in [0.15, 0.2) is 0 Å². The van der Waals surface area contributed by atoms with Crippen LogP contribution in [0, 0.1) is 17.6 Å². The number of likely N-dealkylation sites (tertiary alicyclic amines) is 2. The molecule has 0 spiro atoms. The molecule has 9 rings (SSSR count). The lowest BCUT2D eigenvalue weighted by molar-refractivity contribution is -0.134. The number of amides is 2. The van der Waals surface area contributed by atoms with E-state index in [9.17, 15) is 14.2 Å². The molecule has 0 radical (unpaired) electrons. The topological polar surface area (TPSA) is 158 Å². The van der Waals surface area contributed by atoms with Gasteiger partial charge in [0.25, 0.3) is 0 Å². The number of fused-ring (bicyclic) bond motifs is 1. The fourth-order valence-electron chi connectivity index (χ4n) is 10.7. The maximum absolute atomic E-state index is 15.3. The normalized spacial score (nSPS) is 19.3. The maximum atomic E-state index is 15.3. The molecule has 3 aromatic carbocycles. The number of ether oxygens (including phenoxy) is 1. The largest absolute Gasteiger partial charge is 0.494 e. The van der Waals surface area contributed by atoms with Gasteiger partial charge in [0, 0.05) is 92.0 Å². The second-order valence-corrected chi connectivity index (χ2v) is 23.1. The van der Waals surface area contributed by atoms with Crippen LogP contribution >= 0.6 is 23.1 Å². The van der Waals surface area contributed by atoms with Crippen LogP contribution in [0.5, 0.6) is 5.75 Å². The number of aryl methyl sites for hydroxylation is 2. The van der Waals surface area contributed by atoms with Crippen LogP contribution in [0.25, 0.3) is 10.9 Å². The van der Waals surface area contributed by atoms with E-state index in [2.05, 4.69) is 80.6 Å². The van der Waals surface area contributed by atoms with E-state index in [1.165, 1.54) is 23.4 Å². The van der Waals surface area contributed by atoms with Crippen molar-refractivity contribution in [3.63, 3.8) is 0 Å². The minimum Gasteiger partial charge on any atom is -0.494 e. The third-order valence-electron chi connectivity index (χ3n) is 14.2. The van der Waals surface area contributed by atoms with Gasteiger partial charge in [-0.2, -0.15) is 4.98 Å². The van der Waals surface area contributed by atoms with Crippen LogP contribution in [0.1, 0.15) is 86.7 Å². The molecule has 4 aliphatic heterocycles. The number of halogens is 3. The lowest BCUT2D eigenvalue weighted by Crippen LogP contribution is -2.58. The molecule has 0 aliphatic carbocycles. The third kappa shape index (κ3) is 10.1. The summed E-state index contributed by atoms with van der Waals surface area (Å²) >= 11 is 3.61. The van der Waals surface area contributed by atoms with Crippen molar-refractivity contribution in [2.75, 3.05) is 81.8 Å². The number of anilines is 5. The van der Waals surface area contributed by atoms with Crippen LogP contribution in [0.3, 0.4) is 0 Å². The summed E-state index contributed by atoms with van der Waals surface area (Å²) in [7, 11) is -1.11. The molecule has 2 aromatic heterocycles. The lowest BCUT2D eigenvalue weighted by Gasteiger charge is -2.49. The Hall–Kier alpha value is -5.09. The van der Waals surface area contributed by atoms with Crippen LogP contribution in [0.2, 0.25) is 0 Å². The maximum Gasteiger partial charge on any atom is 0.234 e. The number of carbonyl (C=O) groups is 2. The molecule has 0 bridgehead atoms. The number of hydrogen-bond donors (Lipinski definition) is 3. The number of piperidine rings is 3.